The molecule has 0 aliphatic carbocycles. The van der Waals surface area contributed by atoms with E-state index in [0.717, 1.165) is 6.07 Å². The predicted octanol–water partition coefficient (Wildman–Crippen LogP) is 3.18. The Hall–Kier alpha value is -2.39. The Labute approximate surface area is 143 Å². The summed E-state index contributed by atoms with van der Waals surface area (Å²) in [6, 6.07) is 10.8. The molecule has 1 aliphatic heterocycles. The zero-order chi connectivity index (χ0) is 18.2. The quantitative estimate of drug-likeness (QED) is 0.644. The molecule has 132 valence electrons. The number of para-hydroxylation sites is 1. The molecule has 2 atom stereocenters. The highest BCUT2D eigenvalue weighted by molar-refractivity contribution is 7.87. The summed E-state index contributed by atoms with van der Waals surface area (Å²) in [5.74, 6) is -0.784. The number of fused-ring (bicyclic) bond motifs is 1. The fourth-order valence-electron chi connectivity index (χ4n) is 2.84. The van der Waals surface area contributed by atoms with Gasteiger partial charge in [-0.15, -0.1) is 0 Å². The van der Waals surface area contributed by atoms with Crippen LogP contribution >= 0.6 is 0 Å². The van der Waals surface area contributed by atoms with E-state index in [4.69, 9.17) is 5.21 Å². The standard InChI is InChI=1S/C16H13F3N2O3S/c17-16(18,19)12-8-4-7-11-13(9-14(22)20-23)21(25(24)15(11)12)10-5-2-1-3-6-10/h1-8,13,23H,9H2,(H,20,22). The Morgan fingerprint density at radius 1 is 1.16 bits per heavy atom. The van der Waals surface area contributed by atoms with Crippen LogP contribution in [0, 0.1) is 0 Å². The zero-order valence-corrected chi connectivity index (χ0v) is 13.5. The monoisotopic (exact) mass is 370 g/mol. The Morgan fingerprint density at radius 2 is 1.84 bits per heavy atom. The van der Waals surface area contributed by atoms with E-state index in [0.29, 0.717) is 5.69 Å². The molecular formula is C16H13F3N2O3S. The Kier molecular flexibility index (Phi) is 4.53. The van der Waals surface area contributed by atoms with Crippen LogP contribution in [0.5, 0.6) is 0 Å². The van der Waals surface area contributed by atoms with Crippen molar-refractivity contribution in [1.82, 2.24) is 5.48 Å². The lowest BCUT2D eigenvalue weighted by atomic mass is 10.00. The summed E-state index contributed by atoms with van der Waals surface area (Å²) in [7, 11) is -2.14. The van der Waals surface area contributed by atoms with Crippen LogP contribution in [0.3, 0.4) is 0 Å². The number of anilines is 1. The third-order valence-electron chi connectivity index (χ3n) is 3.86. The van der Waals surface area contributed by atoms with Crippen LogP contribution in [0.1, 0.15) is 23.6 Å². The van der Waals surface area contributed by atoms with Gasteiger partial charge in [0.2, 0.25) is 5.91 Å². The number of benzene rings is 2. The third kappa shape index (κ3) is 3.12. The maximum absolute atomic E-state index is 13.3. The summed E-state index contributed by atoms with van der Waals surface area (Å²) < 4.78 is 54.1. The van der Waals surface area contributed by atoms with Crippen molar-refractivity contribution in [2.75, 3.05) is 4.31 Å². The van der Waals surface area contributed by atoms with E-state index in [-0.39, 0.29) is 16.9 Å². The number of amides is 1. The van der Waals surface area contributed by atoms with Gasteiger partial charge >= 0.3 is 6.18 Å². The normalized spacial score (nSPS) is 19.6. The molecule has 1 amide bonds. The largest absolute Gasteiger partial charge is 0.417 e. The minimum atomic E-state index is -4.67. The minimum Gasteiger partial charge on any atom is -0.289 e. The van der Waals surface area contributed by atoms with Crippen LogP contribution in [-0.4, -0.2) is 15.3 Å². The molecule has 0 spiro atoms. The van der Waals surface area contributed by atoms with Crippen molar-refractivity contribution in [3.8, 4) is 0 Å². The molecule has 5 nitrogen and oxygen atoms in total. The van der Waals surface area contributed by atoms with E-state index >= 15 is 0 Å². The third-order valence-corrected chi connectivity index (χ3v) is 5.49. The van der Waals surface area contributed by atoms with E-state index < -0.39 is 34.7 Å². The number of rotatable bonds is 3. The van der Waals surface area contributed by atoms with Gasteiger partial charge in [0.1, 0.15) is 0 Å². The Balaban J connectivity index is 2.17. The van der Waals surface area contributed by atoms with Crippen molar-refractivity contribution in [2.24, 2.45) is 0 Å². The van der Waals surface area contributed by atoms with Gasteiger partial charge in [0.25, 0.3) is 0 Å². The average Bonchev–Trinajstić information content (AvgIpc) is 2.87. The number of nitrogens with one attached hydrogen (secondary N) is 1. The molecular weight excluding hydrogens is 357 g/mol. The molecule has 0 fully saturated rings. The van der Waals surface area contributed by atoms with Crippen LogP contribution < -0.4 is 9.79 Å². The fourth-order valence-corrected chi connectivity index (χ4v) is 4.55. The summed E-state index contributed by atoms with van der Waals surface area (Å²) in [4.78, 5) is 11.3. The van der Waals surface area contributed by atoms with Crippen molar-refractivity contribution < 1.29 is 27.4 Å². The van der Waals surface area contributed by atoms with Gasteiger partial charge in [-0.05, 0) is 23.8 Å². The molecule has 3 rings (SSSR count). The van der Waals surface area contributed by atoms with E-state index in [1.165, 1.54) is 21.9 Å². The van der Waals surface area contributed by atoms with Gasteiger partial charge in [-0.25, -0.2) is 9.69 Å². The molecule has 0 radical (unpaired) electrons. The molecule has 0 bridgehead atoms. The highest BCUT2D eigenvalue weighted by atomic mass is 32.2. The second kappa shape index (κ2) is 6.49. The first-order valence-corrected chi connectivity index (χ1v) is 8.34. The van der Waals surface area contributed by atoms with Gasteiger partial charge in [0.15, 0.2) is 11.0 Å². The highest BCUT2D eigenvalue weighted by Gasteiger charge is 2.45. The summed E-state index contributed by atoms with van der Waals surface area (Å²) >= 11 is 0. The molecule has 1 heterocycles. The zero-order valence-electron chi connectivity index (χ0n) is 12.7. The van der Waals surface area contributed by atoms with Gasteiger partial charge in [-0.2, -0.15) is 13.2 Å². The van der Waals surface area contributed by atoms with Crippen LogP contribution in [0.4, 0.5) is 18.9 Å². The lowest BCUT2D eigenvalue weighted by Crippen LogP contribution is -2.29. The number of hydrogen-bond donors (Lipinski definition) is 2. The van der Waals surface area contributed by atoms with Gasteiger partial charge in [0, 0.05) is 0 Å². The van der Waals surface area contributed by atoms with Crippen molar-refractivity contribution >= 4 is 22.6 Å². The number of hydrogen-bond acceptors (Lipinski definition) is 3. The van der Waals surface area contributed by atoms with Crippen molar-refractivity contribution in [2.45, 2.75) is 23.5 Å². The minimum absolute atomic E-state index is 0.153. The Bertz CT molecular complexity index is 827. The number of nitrogens with zero attached hydrogens (tertiary/aromatic N) is 1. The molecule has 2 N–H and O–H groups in total. The molecule has 2 unspecified atom stereocenters. The first-order valence-electron chi connectivity index (χ1n) is 7.24. The predicted molar refractivity (Wildman–Crippen MR) is 84.1 cm³/mol. The fraction of sp³-hybridized carbons (Fsp3) is 0.188. The lowest BCUT2D eigenvalue weighted by molar-refractivity contribution is -0.139. The molecule has 25 heavy (non-hydrogen) atoms. The number of carbonyl (C=O) groups is 1. The first-order chi connectivity index (χ1) is 11.8. The molecule has 2 aromatic carbocycles. The molecule has 2 aromatic rings. The van der Waals surface area contributed by atoms with Crippen LogP contribution in [-0.2, 0) is 22.0 Å². The molecule has 0 aromatic heterocycles. The summed E-state index contributed by atoms with van der Waals surface area (Å²) in [6.07, 6.45) is -5.01. The van der Waals surface area contributed by atoms with Crippen LogP contribution in [0.15, 0.2) is 53.4 Å². The Morgan fingerprint density at radius 3 is 2.44 bits per heavy atom. The topological polar surface area (TPSA) is 69.6 Å². The van der Waals surface area contributed by atoms with Crippen molar-refractivity contribution in [3.05, 3.63) is 59.7 Å². The number of hydroxylamine groups is 1. The first kappa shape index (κ1) is 17.4. The van der Waals surface area contributed by atoms with E-state index in [9.17, 15) is 22.2 Å². The van der Waals surface area contributed by atoms with Gasteiger partial charge < -0.3 is 0 Å². The van der Waals surface area contributed by atoms with E-state index in [1.807, 2.05) is 0 Å². The maximum atomic E-state index is 13.3. The van der Waals surface area contributed by atoms with E-state index in [1.54, 1.807) is 30.3 Å². The number of carbonyl (C=O) groups excluding carboxylic acids is 1. The molecule has 9 heteroatoms. The summed E-state index contributed by atoms with van der Waals surface area (Å²) in [6.45, 7) is 0. The van der Waals surface area contributed by atoms with E-state index in [2.05, 4.69) is 0 Å². The number of alkyl halides is 3. The highest BCUT2D eigenvalue weighted by Crippen LogP contribution is 2.47. The van der Waals surface area contributed by atoms with Crippen molar-refractivity contribution in [3.63, 3.8) is 0 Å². The van der Waals surface area contributed by atoms with Crippen LogP contribution in [0.25, 0.3) is 0 Å². The van der Waals surface area contributed by atoms with Crippen LogP contribution in [0.2, 0.25) is 0 Å². The SMILES string of the molecule is O=C(CC1c2cccc(C(F)(F)F)c2S(=O)N1c1ccccc1)NO. The summed E-state index contributed by atoms with van der Waals surface area (Å²) in [5.41, 5.74) is 1.05. The second-order valence-electron chi connectivity index (χ2n) is 5.39. The van der Waals surface area contributed by atoms with Crippen molar-refractivity contribution in [1.29, 1.82) is 0 Å². The maximum Gasteiger partial charge on any atom is 0.417 e. The average molecular weight is 370 g/mol. The lowest BCUT2D eigenvalue weighted by Gasteiger charge is -2.24. The second-order valence-corrected chi connectivity index (χ2v) is 6.69. The van der Waals surface area contributed by atoms with Gasteiger partial charge in [0.05, 0.1) is 28.6 Å². The number of halogens is 3. The van der Waals surface area contributed by atoms with Gasteiger partial charge in [-0.1, -0.05) is 30.3 Å². The molecule has 0 saturated heterocycles. The molecule has 1 aliphatic rings. The smallest absolute Gasteiger partial charge is 0.289 e. The summed E-state index contributed by atoms with van der Waals surface area (Å²) in [5, 5.41) is 8.78. The molecule has 0 saturated carbocycles. The van der Waals surface area contributed by atoms with Gasteiger partial charge in [-0.3, -0.25) is 14.3 Å².